The number of hydrogen-bond donors (Lipinski definition) is 2. The van der Waals surface area contributed by atoms with Crippen molar-refractivity contribution in [1.29, 1.82) is 0 Å². The maximum atomic E-state index is 12.3. The first-order valence-corrected chi connectivity index (χ1v) is 8.24. The second-order valence-corrected chi connectivity index (χ2v) is 7.10. The summed E-state index contributed by atoms with van der Waals surface area (Å²) in [5.74, 6) is -0.255. The van der Waals surface area contributed by atoms with E-state index in [4.69, 9.17) is 5.73 Å². The Morgan fingerprint density at radius 2 is 1.90 bits per heavy atom. The predicted molar refractivity (Wildman–Crippen MR) is 75.1 cm³/mol. The highest BCUT2D eigenvalue weighted by Gasteiger charge is 2.23. The first-order chi connectivity index (χ1) is 9.27. The fourth-order valence-electron chi connectivity index (χ4n) is 2.21. The van der Waals surface area contributed by atoms with E-state index in [0.717, 1.165) is 6.26 Å². The summed E-state index contributed by atoms with van der Waals surface area (Å²) >= 11 is 0. The monoisotopic (exact) mass is 298 g/mol. The van der Waals surface area contributed by atoms with Crippen LogP contribution in [0.4, 0.5) is 5.69 Å². The number of nitrogen functional groups attached to an aromatic ring is 1. The van der Waals surface area contributed by atoms with Crippen molar-refractivity contribution in [2.75, 3.05) is 25.1 Å². The number of amides is 1. The fourth-order valence-corrected chi connectivity index (χ4v) is 2.90. The van der Waals surface area contributed by atoms with Crippen molar-refractivity contribution in [3.05, 3.63) is 23.8 Å². The normalized spacial score (nSPS) is 17.2. The first kappa shape index (κ1) is 14.8. The SMILES string of the molecule is CS(=O)(=O)c1cc(N)cc(C(=O)N2CCC(O)CC2)c1. The molecule has 1 aromatic rings. The minimum atomic E-state index is -3.41. The van der Waals surface area contributed by atoms with Gasteiger partial charge in [0, 0.05) is 30.6 Å². The number of hydrogen-bond acceptors (Lipinski definition) is 5. The van der Waals surface area contributed by atoms with Crippen LogP contribution in [0.15, 0.2) is 23.1 Å². The summed E-state index contributed by atoms with van der Waals surface area (Å²) in [7, 11) is -3.41. The average Bonchev–Trinajstić information content (AvgIpc) is 2.37. The molecule has 3 N–H and O–H groups in total. The largest absolute Gasteiger partial charge is 0.399 e. The Morgan fingerprint density at radius 1 is 1.30 bits per heavy atom. The molecule has 0 aromatic heterocycles. The van der Waals surface area contributed by atoms with E-state index in [-0.39, 0.29) is 28.2 Å². The quantitative estimate of drug-likeness (QED) is 0.763. The van der Waals surface area contributed by atoms with E-state index >= 15 is 0 Å². The van der Waals surface area contributed by atoms with Crippen molar-refractivity contribution in [2.45, 2.75) is 23.8 Å². The minimum absolute atomic E-state index is 0.0397. The van der Waals surface area contributed by atoms with Crippen LogP contribution >= 0.6 is 0 Å². The highest BCUT2D eigenvalue weighted by Crippen LogP contribution is 2.20. The number of aliphatic hydroxyl groups excluding tert-OH is 1. The van der Waals surface area contributed by atoms with Crippen LogP contribution in [0.2, 0.25) is 0 Å². The Kier molecular flexibility index (Phi) is 4.01. The van der Waals surface area contributed by atoms with Gasteiger partial charge in [-0.25, -0.2) is 8.42 Å². The second kappa shape index (κ2) is 5.41. The van der Waals surface area contributed by atoms with Gasteiger partial charge in [-0.15, -0.1) is 0 Å². The summed E-state index contributed by atoms with van der Waals surface area (Å²) in [5, 5.41) is 9.44. The van der Waals surface area contributed by atoms with Crippen LogP contribution in [0.1, 0.15) is 23.2 Å². The summed E-state index contributed by atoms with van der Waals surface area (Å²) in [6.07, 6.45) is 1.78. The molecular weight excluding hydrogens is 280 g/mol. The zero-order valence-electron chi connectivity index (χ0n) is 11.2. The van der Waals surface area contributed by atoms with Crippen molar-refractivity contribution in [3.63, 3.8) is 0 Å². The Hall–Kier alpha value is -1.60. The third kappa shape index (κ3) is 3.29. The highest BCUT2D eigenvalue weighted by molar-refractivity contribution is 7.90. The minimum Gasteiger partial charge on any atom is -0.399 e. The van der Waals surface area contributed by atoms with E-state index in [1.54, 1.807) is 4.90 Å². The summed E-state index contributed by atoms with van der Waals surface area (Å²) in [6.45, 7) is 0.923. The van der Waals surface area contributed by atoms with Gasteiger partial charge in [-0.05, 0) is 31.0 Å². The van der Waals surface area contributed by atoms with Gasteiger partial charge in [-0.2, -0.15) is 0 Å². The number of sulfone groups is 1. The van der Waals surface area contributed by atoms with Gasteiger partial charge in [0.25, 0.3) is 5.91 Å². The molecule has 1 saturated heterocycles. The zero-order valence-corrected chi connectivity index (χ0v) is 12.1. The van der Waals surface area contributed by atoms with Crippen molar-refractivity contribution in [2.24, 2.45) is 0 Å². The van der Waals surface area contributed by atoms with Gasteiger partial charge in [0.2, 0.25) is 0 Å². The van der Waals surface area contributed by atoms with E-state index in [2.05, 4.69) is 0 Å². The van der Waals surface area contributed by atoms with Crippen molar-refractivity contribution < 1.29 is 18.3 Å². The number of benzene rings is 1. The standard InChI is InChI=1S/C13H18N2O4S/c1-20(18,19)12-7-9(6-10(14)8-12)13(17)15-4-2-11(16)3-5-15/h6-8,11,16H,2-5,14H2,1H3. The van der Waals surface area contributed by atoms with Crippen LogP contribution in [-0.4, -0.2) is 49.8 Å². The Bertz CT molecular complexity index is 619. The lowest BCUT2D eigenvalue weighted by atomic mass is 10.1. The van der Waals surface area contributed by atoms with Gasteiger partial charge < -0.3 is 15.7 Å². The van der Waals surface area contributed by atoms with E-state index in [1.807, 2.05) is 0 Å². The van der Waals surface area contributed by atoms with E-state index in [0.29, 0.717) is 25.9 Å². The number of carbonyl (C=O) groups is 1. The van der Waals surface area contributed by atoms with Crippen LogP contribution < -0.4 is 5.73 Å². The van der Waals surface area contributed by atoms with Crippen LogP contribution in [0.5, 0.6) is 0 Å². The first-order valence-electron chi connectivity index (χ1n) is 6.35. The maximum absolute atomic E-state index is 12.3. The zero-order chi connectivity index (χ0) is 14.9. The Labute approximate surface area is 118 Å². The van der Waals surface area contributed by atoms with Gasteiger partial charge in [-0.3, -0.25) is 4.79 Å². The van der Waals surface area contributed by atoms with Crippen molar-refractivity contribution in [1.82, 2.24) is 4.90 Å². The van der Waals surface area contributed by atoms with Gasteiger partial charge in [0.1, 0.15) is 0 Å². The molecule has 0 bridgehead atoms. The maximum Gasteiger partial charge on any atom is 0.253 e. The molecule has 1 heterocycles. The molecule has 1 aliphatic rings. The molecule has 6 nitrogen and oxygen atoms in total. The predicted octanol–water partition coefficient (Wildman–Crippen LogP) is 0.269. The molecule has 1 amide bonds. The molecule has 2 rings (SSSR count). The van der Waals surface area contributed by atoms with Crippen molar-refractivity contribution >= 4 is 21.4 Å². The molecule has 0 atom stereocenters. The number of carbonyl (C=O) groups excluding carboxylic acids is 1. The molecule has 1 fully saturated rings. The highest BCUT2D eigenvalue weighted by atomic mass is 32.2. The molecular formula is C13H18N2O4S. The lowest BCUT2D eigenvalue weighted by Gasteiger charge is -2.29. The fraction of sp³-hybridized carbons (Fsp3) is 0.462. The van der Waals surface area contributed by atoms with Crippen LogP contribution in [0.25, 0.3) is 0 Å². The molecule has 0 unspecified atom stereocenters. The smallest absolute Gasteiger partial charge is 0.253 e. The molecule has 0 aliphatic carbocycles. The summed E-state index contributed by atoms with van der Waals surface area (Å²) < 4.78 is 23.1. The third-order valence-corrected chi connectivity index (χ3v) is 4.45. The summed E-state index contributed by atoms with van der Waals surface area (Å²) in [6, 6.07) is 4.16. The van der Waals surface area contributed by atoms with E-state index in [9.17, 15) is 18.3 Å². The molecule has 0 spiro atoms. The Morgan fingerprint density at radius 3 is 2.45 bits per heavy atom. The summed E-state index contributed by atoms with van der Waals surface area (Å²) in [5.41, 5.74) is 6.18. The van der Waals surface area contributed by atoms with Gasteiger partial charge >= 0.3 is 0 Å². The van der Waals surface area contributed by atoms with Gasteiger partial charge in [0.05, 0.1) is 11.0 Å². The number of aliphatic hydroxyl groups is 1. The average molecular weight is 298 g/mol. The van der Waals surface area contributed by atoms with Crippen LogP contribution in [0, 0.1) is 0 Å². The van der Waals surface area contributed by atoms with E-state index in [1.165, 1.54) is 18.2 Å². The molecule has 7 heteroatoms. The molecule has 1 aromatic carbocycles. The Balaban J connectivity index is 2.28. The number of piperidine rings is 1. The van der Waals surface area contributed by atoms with Crippen LogP contribution in [-0.2, 0) is 9.84 Å². The molecule has 20 heavy (non-hydrogen) atoms. The van der Waals surface area contributed by atoms with E-state index < -0.39 is 9.84 Å². The topological polar surface area (TPSA) is 101 Å². The van der Waals surface area contributed by atoms with Gasteiger partial charge in [0.15, 0.2) is 9.84 Å². The van der Waals surface area contributed by atoms with Crippen LogP contribution in [0.3, 0.4) is 0 Å². The third-order valence-electron chi connectivity index (χ3n) is 3.36. The number of likely N-dealkylation sites (tertiary alicyclic amines) is 1. The molecule has 110 valence electrons. The molecule has 0 saturated carbocycles. The lowest BCUT2D eigenvalue weighted by Crippen LogP contribution is -2.40. The summed E-state index contributed by atoms with van der Waals surface area (Å²) in [4.78, 5) is 14.0. The number of rotatable bonds is 2. The number of anilines is 1. The number of nitrogens with two attached hydrogens (primary N) is 1. The van der Waals surface area contributed by atoms with Crippen molar-refractivity contribution in [3.8, 4) is 0 Å². The second-order valence-electron chi connectivity index (χ2n) is 5.09. The lowest BCUT2D eigenvalue weighted by molar-refractivity contribution is 0.0546. The molecule has 1 aliphatic heterocycles. The molecule has 0 radical (unpaired) electrons. The number of nitrogens with zero attached hydrogens (tertiary/aromatic N) is 1. The van der Waals surface area contributed by atoms with Gasteiger partial charge in [-0.1, -0.05) is 0 Å².